The molecule has 114 valence electrons. The second kappa shape index (κ2) is 7.09. The van der Waals surface area contributed by atoms with Crippen LogP contribution in [0, 0.1) is 22.7 Å². The molecule has 0 fully saturated rings. The Morgan fingerprint density at radius 1 is 0.958 bits per heavy atom. The lowest BCUT2D eigenvalue weighted by molar-refractivity contribution is 0.836. The molecule has 4 heteroatoms. The van der Waals surface area contributed by atoms with Crippen molar-refractivity contribution in [2.45, 2.75) is 6.54 Å². The summed E-state index contributed by atoms with van der Waals surface area (Å²) in [5.74, 6) is 0. The maximum Gasteiger partial charge on any atom is 0.0991 e. The number of rotatable bonds is 4. The summed E-state index contributed by atoms with van der Waals surface area (Å²) in [4.78, 5) is 4.08. The van der Waals surface area contributed by atoms with Crippen LogP contribution in [0.2, 0.25) is 0 Å². The minimum absolute atomic E-state index is 0.638. The average Bonchev–Trinajstić information content (AvgIpc) is 3.15. The number of nitriles is 2. The lowest BCUT2D eigenvalue weighted by Gasteiger charge is -2.10. The zero-order chi connectivity index (χ0) is 16.8. The minimum atomic E-state index is 0.638. The Bertz CT molecular complexity index is 919. The first-order valence-corrected chi connectivity index (χ1v) is 7.45. The fourth-order valence-corrected chi connectivity index (χ4v) is 2.41. The van der Waals surface area contributed by atoms with Gasteiger partial charge in [0.05, 0.1) is 29.6 Å². The summed E-state index contributed by atoms with van der Waals surface area (Å²) in [5, 5.41) is 17.9. The van der Waals surface area contributed by atoms with E-state index in [0.29, 0.717) is 17.7 Å². The van der Waals surface area contributed by atoms with Crippen molar-refractivity contribution in [2.24, 2.45) is 0 Å². The normalized spacial score (nSPS) is 10.8. The summed E-state index contributed by atoms with van der Waals surface area (Å²) >= 11 is 0. The number of nitrogens with zero attached hydrogens (tertiary/aromatic N) is 4. The largest absolute Gasteiger partial charge is 0.333 e. The van der Waals surface area contributed by atoms with Crippen molar-refractivity contribution in [3.05, 3.63) is 89.5 Å². The predicted molar refractivity (Wildman–Crippen MR) is 92.4 cm³/mol. The molecule has 0 bridgehead atoms. The highest BCUT2D eigenvalue weighted by Crippen LogP contribution is 2.21. The van der Waals surface area contributed by atoms with Crippen molar-refractivity contribution >= 4 is 11.6 Å². The van der Waals surface area contributed by atoms with E-state index in [1.165, 1.54) is 0 Å². The molecule has 0 aliphatic heterocycles. The van der Waals surface area contributed by atoms with Crippen LogP contribution in [0.4, 0.5) is 0 Å². The molecule has 0 saturated carbocycles. The van der Waals surface area contributed by atoms with Gasteiger partial charge in [-0.1, -0.05) is 24.3 Å². The van der Waals surface area contributed by atoms with Crippen LogP contribution in [-0.4, -0.2) is 9.55 Å². The van der Waals surface area contributed by atoms with Gasteiger partial charge in [-0.05, 0) is 47.0 Å². The Morgan fingerprint density at radius 3 is 2.12 bits per heavy atom. The van der Waals surface area contributed by atoms with Crippen molar-refractivity contribution in [3.8, 4) is 12.1 Å². The van der Waals surface area contributed by atoms with Crippen LogP contribution in [0.25, 0.3) is 11.6 Å². The van der Waals surface area contributed by atoms with Crippen LogP contribution in [0.1, 0.15) is 22.3 Å². The van der Waals surface area contributed by atoms with Gasteiger partial charge in [-0.2, -0.15) is 10.5 Å². The highest BCUT2D eigenvalue weighted by atomic mass is 15.0. The minimum Gasteiger partial charge on any atom is -0.333 e. The van der Waals surface area contributed by atoms with E-state index in [9.17, 15) is 0 Å². The van der Waals surface area contributed by atoms with Crippen LogP contribution < -0.4 is 0 Å². The van der Waals surface area contributed by atoms with Crippen LogP contribution in [-0.2, 0) is 6.54 Å². The van der Waals surface area contributed by atoms with Crippen molar-refractivity contribution < 1.29 is 0 Å². The van der Waals surface area contributed by atoms with Crippen LogP contribution in [0.15, 0.2) is 67.3 Å². The van der Waals surface area contributed by atoms with Gasteiger partial charge in [-0.25, -0.2) is 4.98 Å². The van der Waals surface area contributed by atoms with Gasteiger partial charge in [0.2, 0.25) is 0 Å². The fraction of sp³-hybridized carbons (Fsp3) is 0.0500. The van der Waals surface area contributed by atoms with Crippen LogP contribution >= 0.6 is 0 Å². The molecule has 0 radical (unpaired) electrons. The fourth-order valence-electron chi connectivity index (χ4n) is 2.41. The third-order valence-corrected chi connectivity index (χ3v) is 3.68. The zero-order valence-electron chi connectivity index (χ0n) is 12.9. The smallest absolute Gasteiger partial charge is 0.0991 e. The first-order chi connectivity index (χ1) is 11.8. The Hall–Kier alpha value is -3.63. The second-order valence-electron chi connectivity index (χ2n) is 5.33. The summed E-state index contributed by atoms with van der Waals surface area (Å²) in [7, 11) is 0. The maximum absolute atomic E-state index is 8.96. The number of allylic oxidation sites excluding steroid dienone is 1. The summed E-state index contributed by atoms with van der Waals surface area (Å²) < 4.78 is 1.99. The lowest BCUT2D eigenvalue weighted by atomic mass is 10.0. The van der Waals surface area contributed by atoms with Gasteiger partial charge >= 0.3 is 0 Å². The van der Waals surface area contributed by atoms with E-state index in [0.717, 1.165) is 16.7 Å². The van der Waals surface area contributed by atoms with E-state index in [1.807, 2.05) is 47.2 Å². The Balaban J connectivity index is 1.98. The first-order valence-electron chi connectivity index (χ1n) is 7.45. The quantitative estimate of drug-likeness (QED) is 0.687. The Kier molecular flexibility index (Phi) is 4.51. The van der Waals surface area contributed by atoms with Crippen LogP contribution in [0.5, 0.6) is 0 Å². The van der Waals surface area contributed by atoms with E-state index in [4.69, 9.17) is 10.5 Å². The summed E-state index contributed by atoms with van der Waals surface area (Å²) in [6.07, 6.45) is 7.52. The molecular weight excluding hydrogens is 296 g/mol. The molecular formula is C20H14N4. The molecule has 0 spiro atoms. The molecule has 1 aromatic heterocycles. The molecule has 2 aromatic carbocycles. The molecule has 0 N–H and O–H groups in total. The van der Waals surface area contributed by atoms with E-state index in [2.05, 4.69) is 23.2 Å². The average molecular weight is 310 g/mol. The first kappa shape index (κ1) is 15.3. The monoisotopic (exact) mass is 310 g/mol. The Labute approximate surface area is 140 Å². The topological polar surface area (TPSA) is 65.4 Å². The summed E-state index contributed by atoms with van der Waals surface area (Å²) in [6, 6.07) is 19.3. The second-order valence-corrected chi connectivity index (χ2v) is 5.33. The van der Waals surface area contributed by atoms with Gasteiger partial charge in [-0.15, -0.1) is 0 Å². The highest BCUT2D eigenvalue weighted by molar-refractivity contribution is 5.81. The van der Waals surface area contributed by atoms with Crippen molar-refractivity contribution in [3.63, 3.8) is 0 Å². The molecule has 3 rings (SSSR count). The van der Waals surface area contributed by atoms with E-state index in [-0.39, 0.29) is 0 Å². The zero-order valence-corrected chi connectivity index (χ0v) is 12.9. The molecule has 0 saturated heterocycles. The molecule has 0 unspecified atom stereocenters. The maximum atomic E-state index is 8.96. The van der Waals surface area contributed by atoms with Crippen molar-refractivity contribution in [1.29, 1.82) is 10.5 Å². The van der Waals surface area contributed by atoms with E-state index < -0.39 is 0 Å². The van der Waals surface area contributed by atoms with Gasteiger partial charge in [-0.3, -0.25) is 0 Å². The molecule has 0 aliphatic carbocycles. The third kappa shape index (κ3) is 3.58. The van der Waals surface area contributed by atoms with Crippen LogP contribution in [0.3, 0.4) is 0 Å². The highest BCUT2D eigenvalue weighted by Gasteiger charge is 2.04. The van der Waals surface area contributed by atoms with Gasteiger partial charge in [0.25, 0.3) is 0 Å². The third-order valence-electron chi connectivity index (χ3n) is 3.68. The lowest BCUT2D eigenvalue weighted by Crippen LogP contribution is -1.98. The molecule has 3 aromatic rings. The van der Waals surface area contributed by atoms with Crippen molar-refractivity contribution in [1.82, 2.24) is 9.55 Å². The number of imidazole rings is 1. The predicted octanol–water partition coefficient (Wildman–Crippen LogP) is 3.87. The standard InChI is InChI=1S/C20H14N4/c21-12-17-3-1-16(2-4-17)11-20(14-24-10-9-23-15-24)19-7-5-18(13-22)6-8-19/h1-11,15H,14H2/b20-11+. The van der Waals surface area contributed by atoms with Gasteiger partial charge in [0.1, 0.15) is 0 Å². The molecule has 1 heterocycles. The van der Waals surface area contributed by atoms with Gasteiger partial charge in [0.15, 0.2) is 0 Å². The summed E-state index contributed by atoms with van der Waals surface area (Å²) in [5.41, 5.74) is 4.45. The van der Waals surface area contributed by atoms with Gasteiger partial charge in [0, 0.05) is 18.9 Å². The number of hydrogen-bond acceptors (Lipinski definition) is 3. The summed E-state index contributed by atoms with van der Waals surface area (Å²) in [6.45, 7) is 0.673. The molecule has 0 amide bonds. The van der Waals surface area contributed by atoms with E-state index >= 15 is 0 Å². The number of aromatic nitrogens is 2. The van der Waals surface area contributed by atoms with Crippen molar-refractivity contribution in [2.75, 3.05) is 0 Å². The van der Waals surface area contributed by atoms with E-state index in [1.54, 1.807) is 24.7 Å². The number of benzene rings is 2. The molecule has 24 heavy (non-hydrogen) atoms. The molecule has 0 atom stereocenters. The SMILES string of the molecule is N#Cc1ccc(/C=C(\Cn2ccnc2)c2ccc(C#N)cc2)cc1. The molecule has 0 aliphatic rings. The van der Waals surface area contributed by atoms with Gasteiger partial charge < -0.3 is 4.57 Å². The Morgan fingerprint density at radius 2 is 1.58 bits per heavy atom. The number of hydrogen-bond donors (Lipinski definition) is 0. The molecule has 4 nitrogen and oxygen atoms in total.